The van der Waals surface area contributed by atoms with Gasteiger partial charge in [0.1, 0.15) is 0 Å². The van der Waals surface area contributed by atoms with Crippen molar-refractivity contribution in [3.63, 3.8) is 0 Å². The highest BCUT2D eigenvalue weighted by atomic mass is 14.9. The molecule has 1 heteroatoms. The van der Waals surface area contributed by atoms with Crippen LogP contribution in [0.2, 0.25) is 0 Å². The van der Waals surface area contributed by atoms with E-state index in [0.717, 1.165) is 23.8 Å². The molecule has 0 amide bonds. The lowest BCUT2D eigenvalue weighted by Gasteiger charge is -2.50. The van der Waals surface area contributed by atoms with Gasteiger partial charge >= 0.3 is 0 Å². The fourth-order valence-corrected chi connectivity index (χ4v) is 5.60. The summed E-state index contributed by atoms with van der Waals surface area (Å²) >= 11 is 0. The van der Waals surface area contributed by atoms with Crippen LogP contribution >= 0.6 is 0 Å². The second kappa shape index (κ2) is 7.29. The van der Waals surface area contributed by atoms with Gasteiger partial charge in [0.2, 0.25) is 0 Å². The lowest BCUT2D eigenvalue weighted by Crippen LogP contribution is -2.50. The van der Waals surface area contributed by atoms with Gasteiger partial charge in [-0.2, -0.15) is 0 Å². The minimum absolute atomic E-state index is 0.577. The molecule has 1 N–H and O–H groups in total. The van der Waals surface area contributed by atoms with Crippen molar-refractivity contribution in [1.29, 1.82) is 0 Å². The molecule has 1 nitrogen and oxygen atoms in total. The molecule has 2 rings (SSSR count). The predicted octanol–water partition coefficient (Wildman–Crippen LogP) is 5.40. The Morgan fingerprint density at radius 2 is 1.90 bits per heavy atom. The molecular formula is C19H37N. The highest BCUT2D eigenvalue weighted by Gasteiger charge is 2.43. The van der Waals surface area contributed by atoms with E-state index in [0.29, 0.717) is 5.41 Å². The Morgan fingerprint density at radius 1 is 1.10 bits per heavy atom. The zero-order chi connectivity index (χ0) is 14.6. The Kier molecular flexibility index (Phi) is 5.95. The Labute approximate surface area is 127 Å². The summed E-state index contributed by atoms with van der Waals surface area (Å²) in [5.74, 6) is 2.91. The van der Waals surface area contributed by atoms with Gasteiger partial charge in [0.25, 0.3) is 0 Å². The zero-order valence-electron chi connectivity index (χ0n) is 14.4. The third-order valence-electron chi connectivity index (χ3n) is 6.72. The molecule has 5 unspecified atom stereocenters. The molecule has 1 saturated carbocycles. The standard InChI is InChI=1S/C19H37N/c1-5-13-19(4,7-3)17(6-2)15-10-8-12-18-16(15)11-9-14-20-18/h15-18,20H,5-14H2,1-4H3. The fourth-order valence-electron chi connectivity index (χ4n) is 5.60. The van der Waals surface area contributed by atoms with Crippen LogP contribution in [0.25, 0.3) is 0 Å². The van der Waals surface area contributed by atoms with Gasteiger partial charge in [-0.25, -0.2) is 0 Å². The average Bonchev–Trinajstić information content (AvgIpc) is 2.48. The first-order valence-electron chi connectivity index (χ1n) is 9.39. The predicted molar refractivity (Wildman–Crippen MR) is 88.9 cm³/mol. The minimum atomic E-state index is 0.577. The first-order valence-corrected chi connectivity index (χ1v) is 9.39. The third-order valence-corrected chi connectivity index (χ3v) is 6.72. The molecule has 2 aliphatic rings. The third kappa shape index (κ3) is 3.24. The molecule has 1 aliphatic heterocycles. The molecule has 118 valence electrons. The van der Waals surface area contributed by atoms with Crippen molar-refractivity contribution < 1.29 is 0 Å². The topological polar surface area (TPSA) is 12.0 Å². The number of nitrogens with one attached hydrogen (secondary N) is 1. The fraction of sp³-hybridized carbons (Fsp3) is 1.00. The van der Waals surface area contributed by atoms with Crippen LogP contribution in [0.4, 0.5) is 0 Å². The summed E-state index contributed by atoms with van der Waals surface area (Å²) in [6.07, 6.45) is 12.8. The van der Waals surface area contributed by atoms with Crippen LogP contribution in [0.15, 0.2) is 0 Å². The van der Waals surface area contributed by atoms with E-state index in [4.69, 9.17) is 0 Å². The minimum Gasteiger partial charge on any atom is -0.314 e. The van der Waals surface area contributed by atoms with Crippen molar-refractivity contribution >= 4 is 0 Å². The molecule has 1 aliphatic carbocycles. The summed E-state index contributed by atoms with van der Waals surface area (Å²) in [5, 5.41) is 3.83. The average molecular weight is 280 g/mol. The molecule has 2 fully saturated rings. The van der Waals surface area contributed by atoms with E-state index in [9.17, 15) is 0 Å². The lowest BCUT2D eigenvalue weighted by atomic mass is 9.57. The summed E-state index contributed by atoms with van der Waals surface area (Å²) in [4.78, 5) is 0. The van der Waals surface area contributed by atoms with Crippen molar-refractivity contribution in [2.45, 2.75) is 91.5 Å². The second-order valence-electron chi connectivity index (χ2n) is 7.73. The van der Waals surface area contributed by atoms with Crippen LogP contribution in [0.5, 0.6) is 0 Å². The van der Waals surface area contributed by atoms with E-state index in [-0.39, 0.29) is 0 Å². The highest BCUT2D eigenvalue weighted by Crippen LogP contribution is 2.50. The number of fused-ring (bicyclic) bond motifs is 1. The monoisotopic (exact) mass is 279 g/mol. The molecule has 0 aromatic rings. The lowest BCUT2D eigenvalue weighted by molar-refractivity contribution is 0.0139. The van der Waals surface area contributed by atoms with E-state index in [1.165, 1.54) is 64.3 Å². The number of hydrogen-bond acceptors (Lipinski definition) is 1. The van der Waals surface area contributed by atoms with Crippen LogP contribution in [0.3, 0.4) is 0 Å². The maximum atomic E-state index is 3.83. The van der Waals surface area contributed by atoms with Crippen LogP contribution in [-0.2, 0) is 0 Å². The smallest absolute Gasteiger partial charge is 0.00980 e. The van der Waals surface area contributed by atoms with Crippen LogP contribution in [0, 0.1) is 23.2 Å². The van der Waals surface area contributed by atoms with Crippen LogP contribution < -0.4 is 5.32 Å². The second-order valence-corrected chi connectivity index (χ2v) is 7.73. The van der Waals surface area contributed by atoms with Gasteiger partial charge in [0.15, 0.2) is 0 Å². The molecule has 0 radical (unpaired) electrons. The van der Waals surface area contributed by atoms with Gasteiger partial charge in [0, 0.05) is 6.04 Å². The highest BCUT2D eigenvalue weighted by molar-refractivity contribution is 4.96. The van der Waals surface area contributed by atoms with E-state index < -0.39 is 0 Å². The molecule has 1 saturated heterocycles. The first-order chi connectivity index (χ1) is 9.66. The summed E-state index contributed by atoms with van der Waals surface area (Å²) in [6.45, 7) is 11.1. The maximum absolute atomic E-state index is 3.83. The van der Waals surface area contributed by atoms with Crippen LogP contribution in [0.1, 0.15) is 85.5 Å². The molecule has 5 atom stereocenters. The number of rotatable bonds is 6. The molecule has 20 heavy (non-hydrogen) atoms. The summed E-state index contributed by atoms with van der Waals surface area (Å²) < 4.78 is 0. The van der Waals surface area contributed by atoms with Gasteiger partial charge in [-0.3, -0.25) is 0 Å². The summed E-state index contributed by atoms with van der Waals surface area (Å²) in [7, 11) is 0. The van der Waals surface area contributed by atoms with E-state index in [1.54, 1.807) is 0 Å². The first kappa shape index (κ1) is 16.3. The Morgan fingerprint density at radius 3 is 2.55 bits per heavy atom. The molecule has 0 bridgehead atoms. The van der Waals surface area contributed by atoms with Gasteiger partial charge in [0.05, 0.1) is 0 Å². The molecule has 1 heterocycles. The normalized spacial score (nSPS) is 35.1. The van der Waals surface area contributed by atoms with Crippen molar-refractivity contribution in [1.82, 2.24) is 5.32 Å². The number of piperidine rings is 1. The number of hydrogen-bond donors (Lipinski definition) is 1. The van der Waals surface area contributed by atoms with E-state index in [1.807, 2.05) is 0 Å². The quantitative estimate of drug-likeness (QED) is 0.686. The zero-order valence-corrected chi connectivity index (χ0v) is 14.4. The maximum Gasteiger partial charge on any atom is 0.00980 e. The van der Waals surface area contributed by atoms with Crippen molar-refractivity contribution in [2.75, 3.05) is 6.54 Å². The molecular weight excluding hydrogens is 242 g/mol. The Hall–Kier alpha value is -0.0400. The van der Waals surface area contributed by atoms with E-state index in [2.05, 4.69) is 33.0 Å². The van der Waals surface area contributed by atoms with Gasteiger partial charge in [-0.15, -0.1) is 0 Å². The van der Waals surface area contributed by atoms with Crippen molar-refractivity contribution in [3.05, 3.63) is 0 Å². The van der Waals surface area contributed by atoms with Crippen LogP contribution in [-0.4, -0.2) is 12.6 Å². The van der Waals surface area contributed by atoms with Gasteiger partial charge < -0.3 is 5.32 Å². The largest absolute Gasteiger partial charge is 0.314 e. The molecule has 0 spiro atoms. The Bertz CT molecular complexity index is 285. The molecule has 0 aromatic heterocycles. The SMILES string of the molecule is CCCC(C)(CC)C(CC)C1CCCC2NCCCC21. The summed E-state index contributed by atoms with van der Waals surface area (Å²) in [6, 6.07) is 0.847. The van der Waals surface area contributed by atoms with E-state index >= 15 is 0 Å². The Balaban J connectivity index is 2.16. The molecule has 0 aromatic carbocycles. The summed E-state index contributed by atoms with van der Waals surface area (Å²) in [5.41, 5.74) is 0.577. The van der Waals surface area contributed by atoms with Gasteiger partial charge in [-0.1, -0.05) is 53.4 Å². The van der Waals surface area contributed by atoms with Gasteiger partial charge in [-0.05, 0) is 61.8 Å². The van der Waals surface area contributed by atoms with Crippen molar-refractivity contribution in [2.24, 2.45) is 23.2 Å². The van der Waals surface area contributed by atoms with Crippen molar-refractivity contribution in [3.8, 4) is 0 Å².